The molecule has 1 aromatic rings. The molecule has 1 aromatic carbocycles. The molecule has 0 N–H and O–H groups in total. The lowest BCUT2D eigenvalue weighted by molar-refractivity contribution is -0.142. The monoisotopic (exact) mass is 277 g/mol. The number of piperidine rings is 1. The van der Waals surface area contributed by atoms with E-state index in [1.165, 1.54) is 25.5 Å². The molecule has 4 nitrogen and oxygen atoms in total. The van der Waals surface area contributed by atoms with E-state index < -0.39 is 0 Å². The minimum absolute atomic E-state index is 0.123. The van der Waals surface area contributed by atoms with Crippen LogP contribution >= 0.6 is 0 Å². The predicted molar refractivity (Wildman–Crippen MR) is 77.7 cm³/mol. The van der Waals surface area contributed by atoms with Gasteiger partial charge in [-0.1, -0.05) is 24.6 Å². The lowest BCUT2D eigenvalue weighted by Crippen LogP contribution is -2.40. The van der Waals surface area contributed by atoms with Crippen molar-refractivity contribution in [3.8, 4) is 5.75 Å². The van der Waals surface area contributed by atoms with E-state index in [2.05, 4.69) is 11.0 Å². The van der Waals surface area contributed by atoms with Crippen LogP contribution in [0, 0.1) is 0 Å². The smallest absolute Gasteiger partial charge is 0.307 e. The zero-order valence-electron chi connectivity index (χ0n) is 12.3. The molecular formula is C16H23NO3. The van der Waals surface area contributed by atoms with E-state index in [1.807, 2.05) is 18.2 Å². The Balaban J connectivity index is 2.06. The topological polar surface area (TPSA) is 38.8 Å². The van der Waals surface area contributed by atoms with Crippen LogP contribution < -0.4 is 4.74 Å². The summed E-state index contributed by atoms with van der Waals surface area (Å²) < 4.78 is 10.2. The molecule has 1 aliphatic heterocycles. The summed E-state index contributed by atoms with van der Waals surface area (Å²) in [6.07, 6.45) is 3.91. The minimum atomic E-state index is -0.123. The van der Waals surface area contributed by atoms with E-state index >= 15 is 0 Å². The van der Waals surface area contributed by atoms with Gasteiger partial charge in [-0.3, -0.25) is 9.69 Å². The first kappa shape index (κ1) is 14.9. The maximum absolute atomic E-state index is 11.5. The molecule has 20 heavy (non-hydrogen) atoms. The average molecular weight is 277 g/mol. The Kier molecular flexibility index (Phi) is 5.41. The highest BCUT2D eigenvalue weighted by molar-refractivity contribution is 5.69. The van der Waals surface area contributed by atoms with Gasteiger partial charge in [0.25, 0.3) is 0 Å². The molecule has 0 saturated carbocycles. The van der Waals surface area contributed by atoms with E-state index in [4.69, 9.17) is 9.47 Å². The first-order chi connectivity index (χ1) is 9.74. The Morgan fingerprint density at radius 3 is 2.85 bits per heavy atom. The number of rotatable bonds is 5. The van der Waals surface area contributed by atoms with Gasteiger partial charge in [0.15, 0.2) is 0 Å². The third-order valence-corrected chi connectivity index (χ3v) is 3.94. The van der Waals surface area contributed by atoms with Crippen LogP contribution in [0.5, 0.6) is 5.75 Å². The van der Waals surface area contributed by atoms with Crippen LogP contribution in [0.1, 0.15) is 31.2 Å². The van der Waals surface area contributed by atoms with Crippen LogP contribution in [-0.4, -0.2) is 37.7 Å². The maximum Gasteiger partial charge on any atom is 0.307 e. The van der Waals surface area contributed by atoms with Gasteiger partial charge in [0.05, 0.1) is 20.6 Å². The van der Waals surface area contributed by atoms with Crippen LogP contribution in [0.15, 0.2) is 24.3 Å². The molecule has 0 radical (unpaired) electrons. The molecule has 1 unspecified atom stereocenters. The van der Waals surface area contributed by atoms with Crippen molar-refractivity contribution in [3.63, 3.8) is 0 Å². The number of hydrogen-bond acceptors (Lipinski definition) is 4. The summed E-state index contributed by atoms with van der Waals surface area (Å²) in [5.74, 6) is 0.789. The van der Waals surface area contributed by atoms with E-state index in [0.29, 0.717) is 6.42 Å². The van der Waals surface area contributed by atoms with Gasteiger partial charge >= 0.3 is 5.97 Å². The van der Waals surface area contributed by atoms with Crippen molar-refractivity contribution < 1.29 is 14.3 Å². The standard InChI is InChI=1S/C16H23NO3/c1-19-15-9-4-3-7-13(15)12-17-10-6-5-8-14(17)11-16(18)20-2/h3-4,7,9,14H,5-6,8,10-12H2,1-2H3. The highest BCUT2D eigenvalue weighted by Gasteiger charge is 2.25. The van der Waals surface area contributed by atoms with Crippen LogP contribution in [0.4, 0.5) is 0 Å². The Morgan fingerprint density at radius 1 is 1.30 bits per heavy atom. The fourth-order valence-electron chi connectivity index (χ4n) is 2.83. The van der Waals surface area contributed by atoms with Gasteiger partial charge in [-0.2, -0.15) is 0 Å². The lowest BCUT2D eigenvalue weighted by Gasteiger charge is -2.35. The van der Waals surface area contributed by atoms with E-state index in [1.54, 1.807) is 7.11 Å². The summed E-state index contributed by atoms with van der Waals surface area (Å²) in [7, 11) is 3.15. The number of likely N-dealkylation sites (tertiary alicyclic amines) is 1. The number of carbonyl (C=O) groups excluding carboxylic acids is 1. The quantitative estimate of drug-likeness (QED) is 0.776. The number of nitrogens with zero attached hydrogens (tertiary/aromatic N) is 1. The number of para-hydroxylation sites is 1. The number of hydrogen-bond donors (Lipinski definition) is 0. The molecule has 0 bridgehead atoms. The predicted octanol–water partition coefficient (Wildman–Crippen LogP) is 2.61. The number of carbonyl (C=O) groups is 1. The molecule has 0 aromatic heterocycles. The van der Waals surface area contributed by atoms with Crippen molar-refractivity contribution in [1.82, 2.24) is 4.90 Å². The van der Waals surface area contributed by atoms with Gasteiger partial charge in [-0.15, -0.1) is 0 Å². The molecular weight excluding hydrogens is 254 g/mol. The van der Waals surface area contributed by atoms with Gasteiger partial charge in [-0.25, -0.2) is 0 Å². The minimum Gasteiger partial charge on any atom is -0.496 e. The summed E-state index contributed by atoms with van der Waals surface area (Å²) in [6.45, 7) is 1.85. The molecule has 1 saturated heterocycles. The molecule has 1 atom stereocenters. The van der Waals surface area contributed by atoms with Crippen LogP contribution in [0.25, 0.3) is 0 Å². The van der Waals surface area contributed by atoms with Gasteiger partial charge < -0.3 is 9.47 Å². The second-order valence-electron chi connectivity index (χ2n) is 5.21. The first-order valence-corrected chi connectivity index (χ1v) is 7.17. The largest absolute Gasteiger partial charge is 0.496 e. The van der Waals surface area contributed by atoms with E-state index in [-0.39, 0.29) is 12.0 Å². The molecule has 1 fully saturated rings. The summed E-state index contributed by atoms with van der Waals surface area (Å²) in [5.41, 5.74) is 1.17. The zero-order chi connectivity index (χ0) is 14.4. The highest BCUT2D eigenvalue weighted by atomic mass is 16.5. The van der Waals surface area contributed by atoms with Crippen LogP contribution in [-0.2, 0) is 16.1 Å². The summed E-state index contributed by atoms with van der Waals surface area (Å²) in [6, 6.07) is 8.35. The lowest BCUT2D eigenvalue weighted by atomic mass is 9.98. The van der Waals surface area contributed by atoms with E-state index in [9.17, 15) is 4.79 Å². The summed E-state index contributed by atoms with van der Waals surface area (Å²) >= 11 is 0. The van der Waals surface area contributed by atoms with Crippen molar-refractivity contribution in [2.24, 2.45) is 0 Å². The third kappa shape index (κ3) is 3.73. The fraction of sp³-hybridized carbons (Fsp3) is 0.562. The van der Waals surface area contributed by atoms with Crippen molar-refractivity contribution in [2.45, 2.75) is 38.3 Å². The molecule has 0 aliphatic carbocycles. The Bertz CT molecular complexity index is 447. The van der Waals surface area contributed by atoms with E-state index in [0.717, 1.165) is 25.3 Å². The number of esters is 1. The number of methoxy groups -OCH3 is 2. The van der Waals surface area contributed by atoms with Crippen LogP contribution in [0.2, 0.25) is 0 Å². The summed E-state index contributed by atoms with van der Waals surface area (Å²) in [5, 5.41) is 0. The second kappa shape index (κ2) is 7.29. The summed E-state index contributed by atoms with van der Waals surface area (Å²) in [4.78, 5) is 13.9. The molecule has 1 aliphatic rings. The zero-order valence-corrected chi connectivity index (χ0v) is 12.3. The molecule has 0 amide bonds. The Labute approximate surface area is 120 Å². The molecule has 4 heteroatoms. The fourth-order valence-corrected chi connectivity index (χ4v) is 2.83. The van der Waals surface area contributed by atoms with Crippen molar-refractivity contribution in [2.75, 3.05) is 20.8 Å². The normalized spacial score (nSPS) is 19.6. The average Bonchev–Trinajstić information content (AvgIpc) is 2.49. The van der Waals surface area contributed by atoms with Gasteiger partial charge in [-0.05, 0) is 25.5 Å². The molecule has 2 rings (SSSR count). The van der Waals surface area contributed by atoms with Gasteiger partial charge in [0, 0.05) is 18.2 Å². The van der Waals surface area contributed by atoms with Gasteiger partial charge in [0.2, 0.25) is 0 Å². The highest BCUT2D eigenvalue weighted by Crippen LogP contribution is 2.25. The van der Waals surface area contributed by atoms with Crippen molar-refractivity contribution >= 4 is 5.97 Å². The third-order valence-electron chi connectivity index (χ3n) is 3.94. The Morgan fingerprint density at radius 2 is 2.10 bits per heavy atom. The second-order valence-corrected chi connectivity index (χ2v) is 5.21. The number of benzene rings is 1. The van der Waals surface area contributed by atoms with Crippen molar-refractivity contribution in [3.05, 3.63) is 29.8 Å². The molecule has 0 spiro atoms. The molecule has 1 heterocycles. The SMILES string of the molecule is COC(=O)CC1CCCCN1Cc1ccccc1OC. The van der Waals surface area contributed by atoms with Crippen molar-refractivity contribution in [1.29, 1.82) is 0 Å². The number of ether oxygens (including phenoxy) is 2. The van der Waals surface area contributed by atoms with Gasteiger partial charge in [0.1, 0.15) is 5.75 Å². The maximum atomic E-state index is 11.5. The Hall–Kier alpha value is -1.55. The molecule has 110 valence electrons. The first-order valence-electron chi connectivity index (χ1n) is 7.17. The van der Waals surface area contributed by atoms with Crippen LogP contribution in [0.3, 0.4) is 0 Å².